The molecule has 52 heavy (non-hydrogen) atoms. The van der Waals surface area contributed by atoms with Crippen LogP contribution in [0.2, 0.25) is 0 Å². The van der Waals surface area contributed by atoms with Crippen molar-refractivity contribution in [1.82, 2.24) is 16.0 Å². The Bertz CT molecular complexity index is 1890. The van der Waals surface area contributed by atoms with E-state index in [0.29, 0.717) is 30.5 Å². The van der Waals surface area contributed by atoms with E-state index in [2.05, 4.69) is 16.0 Å². The van der Waals surface area contributed by atoms with Gasteiger partial charge in [-0.1, -0.05) is 97.1 Å². The maximum absolute atomic E-state index is 14.2. The summed E-state index contributed by atoms with van der Waals surface area (Å²) in [4.78, 5) is 49.0. The largest absolute Gasteiger partial charge is 0.490 e. The number of primary amides is 1. The average molecular weight is 721 g/mol. The van der Waals surface area contributed by atoms with E-state index in [0.717, 1.165) is 21.9 Å². The van der Waals surface area contributed by atoms with Crippen molar-refractivity contribution in [3.63, 3.8) is 0 Å². The number of amidine groups is 1. The van der Waals surface area contributed by atoms with Gasteiger partial charge in [0.15, 0.2) is 5.96 Å². The third-order valence-corrected chi connectivity index (χ3v) is 7.77. The van der Waals surface area contributed by atoms with Crippen molar-refractivity contribution in [2.45, 2.75) is 43.4 Å². The highest BCUT2D eigenvalue weighted by molar-refractivity contribution is 5.96. The predicted molar refractivity (Wildman–Crippen MR) is 189 cm³/mol. The summed E-state index contributed by atoms with van der Waals surface area (Å²) in [5.74, 6) is -5.36. The lowest BCUT2D eigenvalue weighted by Crippen LogP contribution is -2.50. The molecule has 0 aromatic heterocycles. The van der Waals surface area contributed by atoms with Crippen molar-refractivity contribution in [3.8, 4) is 0 Å². The van der Waals surface area contributed by atoms with Crippen LogP contribution in [-0.4, -0.2) is 59.4 Å². The second kappa shape index (κ2) is 18.5. The van der Waals surface area contributed by atoms with Gasteiger partial charge in [0, 0.05) is 12.1 Å². The molecule has 13 nitrogen and oxygen atoms in total. The van der Waals surface area contributed by atoms with Gasteiger partial charge in [-0.05, 0) is 46.7 Å². The van der Waals surface area contributed by atoms with Gasteiger partial charge in [-0.25, -0.2) is 4.79 Å². The molecule has 0 unspecified atom stereocenters. The van der Waals surface area contributed by atoms with E-state index in [4.69, 9.17) is 37.9 Å². The molecule has 3 atom stereocenters. The molecule has 4 aromatic rings. The van der Waals surface area contributed by atoms with Crippen LogP contribution in [0.4, 0.5) is 13.2 Å². The number of guanidine groups is 1. The Morgan fingerprint density at radius 1 is 0.750 bits per heavy atom. The Labute approximate surface area is 296 Å². The normalized spacial score (nSPS) is 12.6. The van der Waals surface area contributed by atoms with E-state index in [1.165, 1.54) is 0 Å². The zero-order chi connectivity index (χ0) is 38.4. The number of nitrogens with one attached hydrogen (secondary N) is 5. The summed E-state index contributed by atoms with van der Waals surface area (Å²) < 4.78 is 31.7. The Kier molecular flexibility index (Phi) is 14.2. The molecule has 4 rings (SSSR count). The molecule has 0 heterocycles. The molecule has 0 radical (unpaired) electrons. The van der Waals surface area contributed by atoms with Gasteiger partial charge >= 0.3 is 12.1 Å². The second-order valence-corrected chi connectivity index (χ2v) is 11.6. The van der Waals surface area contributed by atoms with Crippen LogP contribution >= 0.6 is 0 Å². The van der Waals surface area contributed by atoms with Crippen LogP contribution in [0.5, 0.6) is 0 Å². The van der Waals surface area contributed by atoms with Crippen LogP contribution in [0.1, 0.15) is 47.1 Å². The fourth-order valence-electron chi connectivity index (χ4n) is 5.10. The topological polar surface area (TPSA) is 250 Å². The highest BCUT2D eigenvalue weighted by atomic mass is 19.4. The van der Waals surface area contributed by atoms with Crippen molar-refractivity contribution in [1.29, 1.82) is 10.8 Å². The first kappa shape index (κ1) is 40.0. The monoisotopic (exact) mass is 720 g/mol. The number of hydrogen-bond acceptors (Lipinski definition) is 6. The fraction of sp³-hybridized carbons (Fsp3) is 0.222. The molecule has 0 spiro atoms. The average Bonchev–Trinajstić information content (AvgIpc) is 3.10. The number of carboxylic acid groups (broad SMARTS) is 1. The number of carbonyl (C=O) groups excluding carboxylic acids is 3. The van der Waals surface area contributed by atoms with E-state index < -0.39 is 42.0 Å². The third-order valence-electron chi connectivity index (χ3n) is 7.77. The lowest BCUT2D eigenvalue weighted by molar-refractivity contribution is -0.192. The SMILES string of the molecule is N=C(N)NCCC[C@H](NC(=O)[C@@H](NC(=O)[C@H](Cc1ccc(C(=N)N)cc1)c1ccc2ccccc2c1)c1ccccc1)C(N)=O.O=C(O)C(F)(F)F. The number of nitrogen functional groups attached to an aromatic ring is 1. The standard InChI is InChI=1S/C34H38N8O3.C2HF3O2/c35-30(36)24-14-12-21(13-15-24)19-27(26-17-16-22-7-4-5-10-25(22)20-26)32(44)42-29(23-8-2-1-3-9-23)33(45)41-28(31(37)43)11-6-18-40-34(38)39;3-2(4,5)1(6)7/h1-5,7-10,12-17,20,27-29H,6,11,18-19H2,(H3,35,36)(H2,37,43)(H,41,45)(H,42,44)(H4,38,39,40);(H,6,7)/t27-,28+,29+;/m1./s1. The smallest absolute Gasteiger partial charge is 0.475 e. The number of aliphatic carboxylic acids is 1. The molecular formula is C36H39F3N8O5. The van der Waals surface area contributed by atoms with Gasteiger partial charge in [0.05, 0.1) is 5.92 Å². The first-order valence-corrected chi connectivity index (χ1v) is 15.8. The highest BCUT2D eigenvalue weighted by Gasteiger charge is 2.38. The van der Waals surface area contributed by atoms with Crippen molar-refractivity contribution in [2.24, 2.45) is 17.2 Å². The zero-order valence-electron chi connectivity index (χ0n) is 27.7. The predicted octanol–water partition coefficient (Wildman–Crippen LogP) is 3.17. The molecule has 0 aliphatic carbocycles. The van der Waals surface area contributed by atoms with Crippen molar-refractivity contribution in [3.05, 3.63) is 119 Å². The van der Waals surface area contributed by atoms with Crippen molar-refractivity contribution < 1.29 is 37.5 Å². The van der Waals surface area contributed by atoms with E-state index in [9.17, 15) is 27.6 Å². The number of amides is 3. The quantitative estimate of drug-likeness (QED) is 0.0530. The highest BCUT2D eigenvalue weighted by Crippen LogP contribution is 2.27. The summed E-state index contributed by atoms with van der Waals surface area (Å²) in [5, 5.41) is 32.4. The number of nitrogens with two attached hydrogens (primary N) is 3. The molecule has 0 saturated carbocycles. The summed E-state index contributed by atoms with van der Waals surface area (Å²) in [6.07, 6.45) is -4.13. The fourth-order valence-corrected chi connectivity index (χ4v) is 5.10. The van der Waals surface area contributed by atoms with Crippen molar-refractivity contribution in [2.75, 3.05) is 6.54 Å². The lowest BCUT2D eigenvalue weighted by Gasteiger charge is -2.25. The van der Waals surface area contributed by atoms with Crippen LogP contribution in [-0.2, 0) is 25.6 Å². The lowest BCUT2D eigenvalue weighted by atomic mass is 9.89. The maximum Gasteiger partial charge on any atom is 0.490 e. The summed E-state index contributed by atoms with van der Waals surface area (Å²) in [6.45, 7) is 0.328. The molecule has 0 fully saturated rings. The van der Waals surface area contributed by atoms with Gasteiger partial charge in [0.25, 0.3) is 0 Å². The summed E-state index contributed by atoms with van der Waals surface area (Å²) in [5.41, 5.74) is 19.3. The van der Waals surface area contributed by atoms with E-state index in [1.807, 2.05) is 54.6 Å². The molecule has 3 amide bonds. The Morgan fingerprint density at radius 2 is 1.35 bits per heavy atom. The number of alkyl halides is 3. The number of carbonyl (C=O) groups is 4. The molecule has 0 bridgehead atoms. The van der Waals surface area contributed by atoms with E-state index in [-0.39, 0.29) is 24.1 Å². The minimum Gasteiger partial charge on any atom is -0.475 e. The van der Waals surface area contributed by atoms with Gasteiger partial charge in [-0.15, -0.1) is 0 Å². The van der Waals surface area contributed by atoms with E-state index >= 15 is 0 Å². The van der Waals surface area contributed by atoms with Crippen molar-refractivity contribution >= 4 is 46.3 Å². The Balaban J connectivity index is 0.000000944. The maximum atomic E-state index is 14.2. The van der Waals surface area contributed by atoms with Crippen LogP contribution in [0.15, 0.2) is 97.1 Å². The minimum absolute atomic E-state index is 0.0496. The second-order valence-electron chi connectivity index (χ2n) is 11.6. The van der Waals surface area contributed by atoms with Crippen LogP contribution in [0.25, 0.3) is 10.8 Å². The molecule has 16 heteroatoms. The molecular weight excluding hydrogens is 681 g/mol. The molecule has 274 valence electrons. The summed E-state index contributed by atoms with van der Waals surface area (Å²) >= 11 is 0. The first-order chi connectivity index (χ1) is 24.6. The number of benzene rings is 4. The molecule has 4 aromatic carbocycles. The Morgan fingerprint density at radius 3 is 1.90 bits per heavy atom. The number of halogens is 3. The number of fused-ring (bicyclic) bond motifs is 1. The summed E-state index contributed by atoms with van der Waals surface area (Å²) in [6, 6.07) is 27.5. The number of rotatable bonds is 14. The molecule has 12 N–H and O–H groups in total. The number of carboxylic acids is 1. The molecule has 0 aliphatic rings. The minimum atomic E-state index is -5.08. The summed E-state index contributed by atoms with van der Waals surface area (Å²) in [7, 11) is 0. The van der Waals surface area contributed by atoms with Gasteiger partial charge in [-0.2, -0.15) is 13.2 Å². The van der Waals surface area contributed by atoms with Gasteiger partial charge in [0.1, 0.15) is 17.9 Å². The molecule has 0 aliphatic heterocycles. The first-order valence-electron chi connectivity index (χ1n) is 15.8. The van der Waals surface area contributed by atoms with Gasteiger partial charge in [-0.3, -0.25) is 25.2 Å². The van der Waals surface area contributed by atoms with Crippen LogP contribution in [0, 0.1) is 10.8 Å². The zero-order valence-corrected chi connectivity index (χ0v) is 27.7. The van der Waals surface area contributed by atoms with Crippen LogP contribution < -0.4 is 33.2 Å². The van der Waals surface area contributed by atoms with Crippen LogP contribution in [0.3, 0.4) is 0 Å². The Hall–Kier alpha value is -6.45. The van der Waals surface area contributed by atoms with Gasteiger partial charge in [0.2, 0.25) is 17.7 Å². The molecule has 0 saturated heterocycles. The third kappa shape index (κ3) is 12.2. The number of hydrogen-bond donors (Lipinski definition) is 9. The van der Waals surface area contributed by atoms with E-state index in [1.54, 1.807) is 42.5 Å². The van der Waals surface area contributed by atoms with Gasteiger partial charge < -0.3 is 38.3 Å².